The molecule has 6 nitrogen and oxygen atoms in total. The molecule has 0 amide bonds. The number of ether oxygens (including phenoxy) is 1. The van der Waals surface area contributed by atoms with Crippen LogP contribution in [0.15, 0.2) is 4.99 Å². The Hall–Kier alpha value is -0.850. The van der Waals surface area contributed by atoms with E-state index in [1.807, 2.05) is 0 Å². The van der Waals surface area contributed by atoms with Gasteiger partial charge in [0.05, 0.1) is 24.9 Å². The van der Waals surface area contributed by atoms with Crippen LogP contribution in [0.1, 0.15) is 13.3 Å². The minimum Gasteiger partial charge on any atom is -0.390 e. The third-order valence-electron chi connectivity index (χ3n) is 2.38. The molecule has 14 heavy (non-hydrogen) atoms. The quantitative estimate of drug-likeness (QED) is 0.309. The fourth-order valence-corrected chi connectivity index (χ4v) is 1.46. The summed E-state index contributed by atoms with van der Waals surface area (Å²) < 4.78 is 5.47. The molecule has 1 aliphatic rings. The minimum absolute atomic E-state index is 0.0274. The van der Waals surface area contributed by atoms with Crippen LogP contribution in [0.2, 0.25) is 0 Å². The summed E-state index contributed by atoms with van der Waals surface area (Å²) in [4.78, 5) is 3.84. The maximum Gasteiger partial charge on any atom is 0.185 e. The van der Waals surface area contributed by atoms with Gasteiger partial charge < -0.3 is 27.0 Å². The predicted octanol–water partition coefficient (Wildman–Crippen LogP) is -1.87. The van der Waals surface area contributed by atoms with Crippen molar-refractivity contribution < 1.29 is 9.84 Å². The lowest BCUT2D eigenvalue weighted by Crippen LogP contribution is -2.51. The Bertz CT molecular complexity index is 217. The van der Waals surface area contributed by atoms with Crippen LogP contribution in [0.3, 0.4) is 0 Å². The molecular formula is C8H18N4O2. The van der Waals surface area contributed by atoms with E-state index in [-0.39, 0.29) is 24.2 Å². The van der Waals surface area contributed by atoms with Gasteiger partial charge in [0.15, 0.2) is 5.96 Å². The molecule has 0 aromatic heterocycles. The van der Waals surface area contributed by atoms with Crippen LogP contribution >= 0.6 is 0 Å². The van der Waals surface area contributed by atoms with Crippen LogP contribution < -0.4 is 17.2 Å². The zero-order valence-electron chi connectivity index (χ0n) is 8.26. The first-order valence-electron chi connectivity index (χ1n) is 4.65. The lowest BCUT2D eigenvalue weighted by atomic mass is 9.97. The number of hydrogen-bond acceptors (Lipinski definition) is 4. The normalized spacial score (nSPS) is 37.9. The van der Waals surface area contributed by atoms with Crippen LogP contribution in [0.5, 0.6) is 0 Å². The first-order chi connectivity index (χ1) is 6.50. The van der Waals surface area contributed by atoms with Gasteiger partial charge in [-0.3, -0.25) is 4.99 Å². The zero-order valence-corrected chi connectivity index (χ0v) is 8.26. The first-order valence-corrected chi connectivity index (χ1v) is 4.65. The largest absolute Gasteiger partial charge is 0.390 e. The second-order valence-corrected chi connectivity index (χ2v) is 3.61. The van der Waals surface area contributed by atoms with Gasteiger partial charge in [-0.1, -0.05) is 0 Å². The van der Waals surface area contributed by atoms with Crippen molar-refractivity contribution in [3.63, 3.8) is 0 Å². The molecule has 0 unspecified atom stereocenters. The number of guanidine groups is 1. The highest BCUT2D eigenvalue weighted by Gasteiger charge is 2.32. The first kappa shape index (κ1) is 11.2. The smallest absolute Gasteiger partial charge is 0.185 e. The Balaban J connectivity index is 2.49. The third-order valence-corrected chi connectivity index (χ3v) is 2.38. The number of nitrogens with two attached hydrogens (primary N) is 3. The number of hydrogen-bond donors (Lipinski definition) is 4. The van der Waals surface area contributed by atoms with Crippen molar-refractivity contribution in [2.45, 2.75) is 37.7 Å². The van der Waals surface area contributed by atoms with Crippen LogP contribution in [-0.4, -0.2) is 42.0 Å². The molecule has 0 aromatic rings. The van der Waals surface area contributed by atoms with Gasteiger partial charge in [0.25, 0.3) is 0 Å². The van der Waals surface area contributed by atoms with E-state index in [2.05, 4.69) is 4.99 Å². The second kappa shape index (κ2) is 4.59. The monoisotopic (exact) mass is 202 g/mol. The Labute approximate surface area is 83.1 Å². The molecule has 4 atom stereocenters. The highest BCUT2D eigenvalue weighted by atomic mass is 16.5. The fraction of sp³-hybridized carbons (Fsp3) is 0.875. The summed E-state index contributed by atoms with van der Waals surface area (Å²) in [6, 6.07) is -0.218. The van der Waals surface area contributed by atoms with E-state index < -0.39 is 6.10 Å². The summed E-state index contributed by atoms with van der Waals surface area (Å²) in [5, 5.41) is 9.45. The molecule has 0 aliphatic carbocycles. The molecule has 0 radical (unpaired) electrons. The summed E-state index contributed by atoms with van der Waals surface area (Å²) in [5.41, 5.74) is 16.2. The predicted molar refractivity (Wildman–Crippen MR) is 53.6 cm³/mol. The Morgan fingerprint density at radius 2 is 2.21 bits per heavy atom. The van der Waals surface area contributed by atoms with E-state index in [0.717, 1.165) is 0 Å². The van der Waals surface area contributed by atoms with Gasteiger partial charge in [-0.15, -0.1) is 0 Å². The molecule has 1 aliphatic heterocycles. The topological polar surface area (TPSA) is 120 Å². The third kappa shape index (κ3) is 2.83. The standard InChI is InChI=1S/C8H18N4O2/c1-4-6(13)2-5(9)7(14-4)3-12-8(10)11/h4-7,13H,2-3,9H2,1H3,(H4,10,11,12)/t4-,5+,6-,7-/m1/s1. The van der Waals surface area contributed by atoms with Crippen LogP contribution in [0, 0.1) is 0 Å². The van der Waals surface area contributed by atoms with Crippen LogP contribution in [0.4, 0.5) is 0 Å². The van der Waals surface area contributed by atoms with Crippen molar-refractivity contribution in [3.05, 3.63) is 0 Å². The van der Waals surface area contributed by atoms with E-state index in [1.54, 1.807) is 6.92 Å². The number of nitrogens with zero attached hydrogens (tertiary/aromatic N) is 1. The lowest BCUT2D eigenvalue weighted by Gasteiger charge is -2.35. The number of aliphatic hydroxyl groups excluding tert-OH is 1. The minimum atomic E-state index is -0.500. The van der Waals surface area contributed by atoms with Crippen LogP contribution in [-0.2, 0) is 4.74 Å². The molecule has 0 saturated carbocycles. The van der Waals surface area contributed by atoms with Crippen molar-refractivity contribution in [2.24, 2.45) is 22.2 Å². The molecule has 1 rings (SSSR count). The maximum absolute atomic E-state index is 9.45. The molecular weight excluding hydrogens is 184 g/mol. The second-order valence-electron chi connectivity index (χ2n) is 3.61. The number of aliphatic imine (C=N–C) groups is 1. The van der Waals surface area contributed by atoms with Crippen LogP contribution in [0.25, 0.3) is 0 Å². The molecule has 7 N–H and O–H groups in total. The highest BCUT2D eigenvalue weighted by molar-refractivity contribution is 5.75. The summed E-state index contributed by atoms with van der Waals surface area (Å²) in [6.45, 7) is 2.15. The summed E-state index contributed by atoms with van der Waals surface area (Å²) >= 11 is 0. The highest BCUT2D eigenvalue weighted by Crippen LogP contribution is 2.18. The van der Waals surface area contributed by atoms with Crippen molar-refractivity contribution >= 4 is 5.96 Å². The number of aliphatic hydroxyl groups is 1. The van der Waals surface area contributed by atoms with Crippen molar-refractivity contribution in [3.8, 4) is 0 Å². The SMILES string of the molecule is C[C@H]1O[C@H](CN=C(N)N)[C@@H](N)C[C@H]1O. The lowest BCUT2D eigenvalue weighted by molar-refractivity contribution is -0.113. The average Bonchev–Trinajstić information content (AvgIpc) is 2.09. The van der Waals surface area contributed by atoms with E-state index in [0.29, 0.717) is 13.0 Å². The molecule has 0 aromatic carbocycles. The maximum atomic E-state index is 9.45. The average molecular weight is 202 g/mol. The summed E-state index contributed by atoms with van der Waals surface area (Å²) in [5.74, 6) is 0.0274. The zero-order chi connectivity index (χ0) is 10.7. The molecule has 0 spiro atoms. The van der Waals surface area contributed by atoms with Crippen molar-refractivity contribution in [1.82, 2.24) is 0 Å². The Morgan fingerprint density at radius 3 is 2.79 bits per heavy atom. The van der Waals surface area contributed by atoms with E-state index in [9.17, 15) is 5.11 Å². The van der Waals surface area contributed by atoms with Gasteiger partial charge in [-0.2, -0.15) is 0 Å². The molecule has 1 saturated heterocycles. The van der Waals surface area contributed by atoms with Gasteiger partial charge in [-0.25, -0.2) is 0 Å². The van der Waals surface area contributed by atoms with Gasteiger partial charge >= 0.3 is 0 Å². The molecule has 1 heterocycles. The Kier molecular flexibility index (Phi) is 3.68. The van der Waals surface area contributed by atoms with Gasteiger partial charge in [0.1, 0.15) is 0 Å². The summed E-state index contributed by atoms with van der Waals surface area (Å²) in [6.07, 6.45) is -0.406. The molecule has 6 heteroatoms. The van der Waals surface area contributed by atoms with E-state index in [1.165, 1.54) is 0 Å². The Morgan fingerprint density at radius 1 is 1.57 bits per heavy atom. The van der Waals surface area contributed by atoms with Gasteiger partial charge in [0.2, 0.25) is 0 Å². The number of rotatable bonds is 2. The fourth-order valence-electron chi connectivity index (χ4n) is 1.46. The summed E-state index contributed by atoms with van der Waals surface area (Å²) in [7, 11) is 0. The molecule has 0 bridgehead atoms. The van der Waals surface area contributed by atoms with Crippen molar-refractivity contribution in [1.29, 1.82) is 0 Å². The molecule has 1 fully saturated rings. The van der Waals surface area contributed by atoms with Gasteiger partial charge in [0, 0.05) is 6.04 Å². The van der Waals surface area contributed by atoms with Crippen molar-refractivity contribution in [2.75, 3.05) is 6.54 Å². The van der Waals surface area contributed by atoms with Gasteiger partial charge in [-0.05, 0) is 13.3 Å². The molecule has 82 valence electrons. The van der Waals surface area contributed by atoms with E-state index in [4.69, 9.17) is 21.9 Å². The van der Waals surface area contributed by atoms with E-state index >= 15 is 0 Å².